The molecule has 0 aliphatic rings. The Morgan fingerprint density at radius 3 is 2.41 bits per heavy atom. The lowest BCUT2D eigenvalue weighted by molar-refractivity contribution is 0.278. The Kier molecular flexibility index (Phi) is 4.47. The van der Waals surface area contributed by atoms with Crippen molar-refractivity contribution >= 4 is 28.0 Å². The molecule has 3 rings (SSSR count). The summed E-state index contributed by atoms with van der Waals surface area (Å²) in [4.78, 5) is 0. The monoisotopic (exact) mass is 308 g/mol. The van der Waals surface area contributed by atoms with Crippen LogP contribution in [-0.2, 0) is 13.0 Å². The largest absolute Gasteiger partial charge is 0.449 e. The van der Waals surface area contributed by atoms with Gasteiger partial charge in [0, 0.05) is 17.4 Å². The van der Waals surface area contributed by atoms with E-state index in [0.717, 1.165) is 21.9 Å². The van der Waals surface area contributed by atoms with Gasteiger partial charge in [-0.2, -0.15) is 0 Å². The normalized spacial score (nSPS) is 10.6. The molecule has 0 aliphatic heterocycles. The van der Waals surface area contributed by atoms with Crippen LogP contribution in [0.3, 0.4) is 0 Å². The molecule has 110 valence electrons. The molecule has 0 spiro atoms. The van der Waals surface area contributed by atoms with Gasteiger partial charge in [-0.15, -0.1) is 0 Å². The third kappa shape index (κ3) is 3.16. The van der Waals surface area contributed by atoms with E-state index in [1.807, 2.05) is 66.7 Å². The van der Waals surface area contributed by atoms with E-state index in [1.165, 1.54) is 0 Å². The van der Waals surface area contributed by atoms with Crippen LogP contribution in [0, 0.1) is 0 Å². The van der Waals surface area contributed by atoms with E-state index in [-0.39, 0.29) is 6.61 Å². The van der Waals surface area contributed by atoms with Crippen LogP contribution in [0.1, 0.15) is 11.1 Å². The van der Waals surface area contributed by atoms with Crippen LogP contribution in [0.4, 0.5) is 0 Å². The molecule has 0 heterocycles. The van der Waals surface area contributed by atoms with Crippen LogP contribution in [-0.4, -0.2) is 10.2 Å². The Labute approximate surface area is 135 Å². The molecule has 3 aromatic rings. The van der Waals surface area contributed by atoms with Gasteiger partial charge < -0.3 is 9.84 Å². The van der Waals surface area contributed by atoms with Crippen molar-refractivity contribution in [1.29, 1.82) is 0 Å². The molecule has 0 fully saturated rings. The highest BCUT2D eigenvalue weighted by Gasteiger charge is 2.11. The molecule has 0 aliphatic carbocycles. The predicted molar refractivity (Wildman–Crippen MR) is 93.2 cm³/mol. The van der Waals surface area contributed by atoms with Crippen LogP contribution >= 0.6 is 12.2 Å². The molecule has 2 nitrogen and oxygen atoms in total. The summed E-state index contributed by atoms with van der Waals surface area (Å²) in [7, 11) is 0. The maximum absolute atomic E-state index is 9.56. The summed E-state index contributed by atoms with van der Waals surface area (Å²) in [6.45, 7) is -0.0753. The smallest absolute Gasteiger partial charge is 0.171 e. The molecule has 0 bridgehead atoms. The highest BCUT2D eigenvalue weighted by molar-refractivity contribution is 7.80. The first-order valence-electron chi connectivity index (χ1n) is 7.14. The van der Waals surface area contributed by atoms with Gasteiger partial charge in [-0.25, -0.2) is 0 Å². The van der Waals surface area contributed by atoms with E-state index in [2.05, 4.69) is 0 Å². The van der Waals surface area contributed by atoms with Gasteiger partial charge in [-0.05, 0) is 23.2 Å². The molecule has 0 unspecified atom stereocenters. The molecule has 22 heavy (non-hydrogen) atoms. The highest BCUT2D eigenvalue weighted by Crippen LogP contribution is 2.30. The number of hydrogen-bond acceptors (Lipinski definition) is 3. The van der Waals surface area contributed by atoms with Crippen molar-refractivity contribution in [2.24, 2.45) is 0 Å². The third-order valence-electron chi connectivity index (χ3n) is 3.54. The van der Waals surface area contributed by atoms with Crippen molar-refractivity contribution < 1.29 is 9.84 Å². The standard InChI is InChI=1S/C19H16O2S/c20-13-16-11-10-15-8-4-5-9-17(15)19(16)21-18(22)12-14-6-2-1-3-7-14/h1-11,20H,12-13H2. The zero-order valence-electron chi connectivity index (χ0n) is 12.0. The van der Waals surface area contributed by atoms with Crippen LogP contribution in [0.15, 0.2) is 66.7 Å². The van der Waals surface area contributed by atoms with Gasteiger partial charge in [0.2, 0.25) is 0 Å². The number of aliphatic hydroxyl groups is 1. The van der Waals surface area contributed by atoms with E-state index < -0.39 is 0 Å². The Hall–Kier alpha value is -2.23. The molecule has 0 saturated heterocycles. The minimum absolute atomic E-state index is 0.0753. The number of rotatable bonds is 4. The third-order valence-corrected chi connectivity index (χ3v) is 3.77. The van der Waals surface area contributed by atoms with Crippen molar-refractivity contribution in [2.45, 2.75) is 13.0 Å². The average molecular weight is 308 g/mol. The van der Waals surface area contributed by atoms with Crippen LogP contribution < -0.4 is 4.74 Å². The van der Waals surface area contributed by atoms with E-state index in [9.17, 15) is 5.11 Å². The van der Waals surface area contributed by atoms with Gasteiger partial charge in [-0.3, -0.25) is 0 Å². The molecule has 0 amide bonds. The molecule has 0 aromatic heterocycles. The second-order valence-electron chi connectivity index (χ2n) is 5.07. The maximum Gasteiger partial charge on any atom is 0.171 e. The second kappa shape index (κ2) is 6.69. The first-order chi connectivity index (χ1) is 10.8. The Morgan fingerprint density at radius 2 is 1.64 bits per heavy atom. The summed E-state index contributed by atoms with van der Waals surface area (Å²) < 4.78 is 5.93. The van der Waals surface area contributed by atoms with Gasteiger partial charge in [0.25, 0.3) is 0 Å². The molecule has 3 aromatic carbocycles. The van der Waals surface area contributed by atoms with Crippen molar-refractivity contribution in [1.82, 2.24) is 0 Å². The quantitative estimate of drug-likeness (QED) is 0.729. The second-order valence-corrected chi connectivity index (χ2v) is 5.52. The summed E-state index contributed by atoms with van der Waals surface area (Å²) in [6, 6.07) is 21.8. The van der Waals surface area contributed by atoms with E-state index in [1.54, 1.807) is 0 Å². The van der Waals surface area contributed by atoms with Gasteiger partial charge in [-0.1, -0.05) is 66.7 Å². The van der Waals surface area contributed by atoms with Gasteiger partial charge in [0.15, 0.2) is 5.05 Å². The number of fused-ring (bicyclic) bond motifs is 1. The predicted octanol–water partition coefficient (Wildman–Crippen LogP) is 4.28. The topological polar surface area (TPSA) is 29.5 Å². The number of benzene rings is 3. The lowest BCUT2D eigenvalue weighted by Crippen LogP contribution is -2.10. The molecule has 0 radical (unpaired) electrons. The summed E-state index contributed by atoms with van der Waals surface area (Å²) in [5, 5.41) is 12.1. The molecular formula is C19H16O2S. The Morgan fingerprint density at radius 1 is 0.909 bits per heavy atom. The van der Waals surface area contributed by atoms with Gasteiger partial charge >= 0.3 is 0 Å². The lowest BCUT2D eigenvalue weighted by Gasteiger charge is -2.13. The number of hydrogen-bond donors (Lipinski definition) is 1. The fraction of sp³-hybridized carbons (Fsp3) is 0.105. The van der Waals surface area contributed by atoms with Crippen molar-refractivity contribution in [3.8, 4) is 5.75 Å². The zero-order chi connectivity index (χ0) is 15.4. The van der Waals surface area contributed by atoms with Crippen LogP contribution in [0.2, 0.25) is 0 Å². The van der Waals surface area contributed by atoms with E-state index >= 15 is 0 Å². The molecule has 3 heteroatoms. The molecule has 0 atom stereocenters. The van der Waals surface area contributed by atoms with E-state index in [4.69, 9.17) is 17.0 Å². The number of ether oxygens (including phenoxy) is 1. The number of aliphatic hydroxyl groups excluding tert-OH is 1. The summed E-state index contributed by atoms with van der Waals surface area (Å²) >= 11 is 5.38. The van der Waals surface area contributed by atoms with Crippen molar-refractivity contribution in [2.75, 3.05) is 0 Å². The fourth-order valence-electron chi connectivity index (χ4n) is 2.45. The first kappa shape index (κ1) is 14.7. The summed E-state index contributed by atoms with van der Waals surface area (Å²) in [6.07, 6.45) is 0.574. The number of thiocarbonyl (C=S) groups is 1. The molecule has 0 saturated carbocycles. The van der Waals surface area contributed by atoms with Gasteiger partial charge in [0.05, 0.1) is 6.61 Å². The Balaban J connectivity index is 1.91. The Bertz CT molecular complexity index is 797. The maximum atomic E-state index is 9.56. The van der Waals surface area contributed by atoms with Crippen LogP contribution in [0.25, 0.3) is 10.8 Å². The molecule has 1 N–H and O–H groups in total. The lowest BCUT2D eigenvalue weighted by atomic mass is 10.1. The SMILES string of the molecule is OCc1ccc2ccccc2c1OC(=S)Cc1ccccc1. The summed E-state index contributed by atoms with van der Waals surface area (Å²) in [5.41, 5.74) is 1.85. The average Bonchev–Trinajstić information content (AvgIpc) is 2.56. The zero-order valence-corrected chi connectivity index (χ0v) is 12.8. The fourth-order valence-corrected chi connectivity index (χ4v) is 2.70. The summed E-state index contributed by atoms with van der Waals surface area (Å²) in [5.74, 6) is 0.654. The van der Waals surface area contributed by atoms with E-state index in [0.29, 0.717) is 17.2 Å². The highest BCUT2D eigenvalue weighted by atomic mass is 32.1. The van der Waals surface area contributed by atoms with Crippen LogP contribution in [0.5, 0.6) is 5.75 Å². The molecular weight excluding hydrogens is 292 g/mol. The first-order valence-corrected chi connectivity index (χ1v) is 7.55. The van der Waals surface area contributed by atoms with Crippen molar-refractivity contribution in [3.05, 3.63) is 77.9 Å². The van der Waals surface area contributed by atoms with Gasteiger partial charge in [0.1, 0.15) is 5.75 Å². The minimum Gasteiger partial charge on any atom is -0.449 e. The van der Waals surface area contributed by atoms with Crippen molar-refractivity contribution in [3.63, 3.8) is 0 Å². The minimum atomic E-state index is -0.0753.